The molecule has 6 nitrogen and oxygen atoms in total. The molecule has 0 bridgehead atoms. The molecule has 0 saturated carbocycles. The zero-order chi connectivity index (χ0) is 15.4. The summed E-state index contributed by atoms with van der Waals surface area (Å²) in [5.41, 5.74) is 5.73. The van der Waals surface area contributed by atoms with Crippen molar-refractivity contribution in [2.24, 2.45) is 11.7 Å². The third-order valence-electron chi connectivity index (χ3n) is 3.97. The molecule has 1 unspecified atom stereocenters. The van der Waals surface area contributed by atoms with Gasteiger partial charge in [-0.3, -0.25) is 9.80 Å². The van der Waals surface area contributed by atoms with E-state index >= 15 is 0 Å². The minimum absolute atomic E-state index is 0.187. The smallest absolute Gasteiger partial charge is 0.141 e. The number of piperazine rings is 1. The summed E-state index contributed by atoms with van der Waals surface area (Å²) >= 11 is 5.08. The van der Waals surface area contributed by atoms with Crippen LogP contribution in [0.2, 0.25) is 0 Å². The summed E-state index contributed by atoms with van der Waals surface area (Å²) in [7, 11) is 0. The van der Waals surface area contributed by atoms with E-state index in [1.807, 2.05) is 4.68 Å². The van der Waals surface area contributed by atoms with Crippen molar-refractivity contribution in [3.8, 4) is 0 Å². The summed E-state index contributed by atoms with van der Waals surface area (Å²) in [6.45, 7) is 12.3. The molecule has 1 saturated heterocycles. The van der Waals surface area contributed by atoms with Crippen molar-refractivity contribution in [1.29, 1.82) is 0 Å². The second-order valence-corrected chi connectivity index (χ2v) is 6.61. The lowest BCUT2D eigenvalue weighted by Gasteiger charge is -2.37. The van der Waals surface area contributed by atoms with Gasteiger partial charge in [0.05, 0.1) is 17.6 Å². The van der Waals surface area contributed by atoms with Crippen molar-refractivity contribution >= 4 is 17.2 Å². The minimum Gasteiger partial charge on any atom is -0.392 e. The van der Waals surface area contributed by atoms with E-state index in [2.05, 4.69) is 40.7 Å². The van der Waals surface area contributed by atoms with Crippen LogP contribution in [0.25, 0.3) is 0 Å². The molecule has 0 amide bonds. The van der Waals surface area contributed by atoms with Gasteiger partial charge in [-0.2, -0.15) is 5.10 Å². The molecular weight excluding hydrogens is 284 g/mol. The molecule has 1 aliphatic rings. The number of hydrogen-bond donors (Lipinski definition) is 1. The number of thiocarbonyl (C=S) groups is 1. The van der Waals surface area contributed by atoms with Gasteiger partial charge in [0.2, 0.25) is 0 Å². The van der Waals surface area contributed by atoms with E-state index in [0.29, 0.717) is 10.9 Å². The van der Waals surface area contributed by atoms with Gasteiger partial charge in [-0.05, 0) is 12.8 Å². The lowest BCUT2D eigenvalue weighted by atomic mass is 10.2. The normalized spacial score (nSPS) is 19.0. The fraction of sp³-hybridized carbons (Fsp3) is 0.786. The Morgan fingerprint density at radius 2 is 1.95 bits per heavy atom. The predicted molar refractivity (Wildman–Crippen MR) is 88.0 cm³/mol. The van der Waals surface area contributed by atoms with Gasteiger partial charge in [0.25, 0.3) is 0 Å². The van der Waals surface area contributed by atoms with Gasteiger partial charge < -0.3 is 5.73 Å². The van der Waals surface area contributed by atoms with Gasteiger partial charge in [-0.1, -0.05) is 26.1 Å². The van der Waals surface area contributed by atoms with E-state index in [1.165, 1.54) is 0 Å². The third-order valence-corrected chi connectivity index (χ3v) is 4.31. The molecule has 21 heavy (non-hydrogen) atoms. The van der Waals surface area contributed by atoms with Crippen LogP contribution in [0.3, 0.4) is 0 Å². The maximum atomic E-state index is 5.73. The molecule has 1 atom stereocenters. The van der Waals surface area contributed by atoms with Crippen LogP contribution in [-0.2, 0) is 13.1 Å². The summed E-state index contributed by atoms with van der Waals surface area (Å²) in [5, 5.41) is 4.32. The minimum atomic E-state index is 0.187. The van der Waals surface area contributed by atoms with Gasteiger partial charge in [-0.25, -0.2) is 9.67 Å². The lowest BCUT2D eigenvalue weighted by Crippen LogP contribution is -2.52. The number of aromatic nitrogens is 3. The van der Waals surface area contributed by atoms with Gasteiger partial charge in [-0.15, -0.1) is 0 Å². The Morgan fingerprint density at radius 1 is 1.29 bits per heavy atom. The Hall–Kier alpha value is -1.05. The summed E-state index contributed by atoms with van der Waals surface area (Å²) < 4.78 is 2.02. The Labute approximate surface area is 132 Å². The van der Waals surface area contributed by atoms with Crippen molar-refractivity contribution in [2.75, 3.05) is 26.2 Å². The van der Waals surface area contributed by atoms with E-state index in [0.717, 1.165) is 45.1 Å². The highest BCUT2D eigenvalue weighted by atomic mass is 32.1. The SMILES string of the molecule is CC(C)Cn1ncnc1CN1CCN(C(C)C(N)=S)CC1. The zero-order valence-electron chi connectivity index (χ0n) is 13.2. The first-order valence-corrected chi connectivity index (χ1v) is 8.00. The average molecular weight is 310 g/mol. The van der Waals surface area contributed by atoms with Crippen molar-refractivity contribution < 1.29 is 0 Å². The maximum absolute atomic E-state index is 5.73. The van der Waals surface area contributed by atoms with Gasteiger partial charge in [0, 0.05) is 32.7 Å². The first-order valence-electron chi connectivity index (χ1n) is 7.59. The van der Waals surface area contributed by atoms with Crippen LogP contribution in [0.1, 0.15) is 26.6 Å². The third kappa shape index (κ3) is 4.46. The number of nitrogens with zero attached hydrogens (tertiary/aromatic N) is 5. The molecule has 0 aromatic carbocycles. The quantitative estimate of drug-likeness (QED) is 0.782. The number of rotatable bonds is 6. The van der Waals surface area contributed by atoms with Crippen LogP contribution in [0.5, 0.6) is 0 Å². The second-order valence-electron chi connectivity index (χ2n) is 6.14. The van der Waals surface area contributed by atoms with Crippen molar-refractivity contribution in [3.05, 3.63) is 12.2 Å². The van der Waals surface area contributed by atoms with E-state index in [1.54, 1.807) is 6.33 Å². The van der Waals surface area contributed by atoms with Crippen LogP contribution in [0.15, 0.2) is 6.33 Å². The molecule has 7 heteroatoms. The second kappa shape index (κ2) is 7.29. The van der Waals surface area contributed by atoms with E-state index in [-0.39, 0.29) is 6.04 Å². The molecule has 0 radical (unpaired) electrons. The predicted octanol–water partition coefficient (Wildman–Crippen LogP) is 0.726. The summed E-state index contributed by atoms with van der Waals surface area (Å²) in [6, 6.07) is 0.187. The first kappa shape index (κ1) is 16.3. The Bertz CT molecular complexity index is 464. The number of nitrogens with two attached hydrogens (primary N) is 1. The molecule has 1 fully saturated rings. The molecule has 1 aromatic heterocycles. The van der Waals surface area contributed by atoms with Crippen LogP contribution in [-0.4, -0.2) is 61.8 Å². The molecule has 0 aliphatic carbocycles. The summed E-state index contributed by atoms with van der Waals surface area (Å²) in [4.78, 5) is 9.75. The highest BCUT2D eigenvalue weighted by Crippen LogP contribution is 2.10. The van der Waals surface area contributed by atoms with Crippen molar-refractivity contribution in [3.63, 3.8) is 0 Å². The van der Waals surface area contributed by atoms with Crippen LogP contribution in [0, 0.1) is 5.92 Å². The Kier molecular flexibility index (Phi) is 5.66. The average Bonchev–Trinajstić information content (AvgIpc) is 2.85. The van der Waals surface area contributed by atoms with E-state index in [9.17, 15) is 0 Å². The highest BCUT2D eigenvalue weighted by Gasteiger charge is 2.23. The topological polar surface area (TPSA) is 63.2 Å². The van der Waals surface area contributed by atoms with Crippen LogP contribution >= 0.6 is 12.2 Å². The molecule has 1 aromatic rings. The summed E-state index contributed by atoms with van der Waals surface area (Å²) in [5.74, 6) is 1.63. The van der Waals surface area contributed by atoms with E-state index < -0.39 is 0 Å². The van der Waals surface area contributed by atoms with Gasteiger partial charge in [0.15, 0.2) is 0 Å². The summed E-state index contributed by atoms with van der Waals surface area (Å²) in [6.07, 6.45) is 1.66. The van der Waals surface area contributed by atoms with Crippen molar-refractivity contribution in [1.82, 2.24) is 24.6 Å². The Balaban J connectivity index is 1.86. The Morgan fingerprint density at radius 3 is 2.52 bits per heavy atom. The molecule has 2 rings (SSSR count). The molecule has 2 heterocycles. The molecule has 2 N–H and O–H groups in total. The highest BCUT2D eigenvalue weighted by molar-refractivity contribution is 7.80. The van der Waals surface area contributed by atoms with Crippen LogP contribution < -0.4 is 5.73 Å². The van der Waals surface area contributed by atoms with Crippen molar-refractivity contribution in [2.45, 2.75) is 39.9 Å². The first-order chi connectivity index (χ1) is 9.97. The molecular formula is C14H26N6S. The fourth-order valence-electron chi connectivity index (χ4n) is 2.60. The monoisotopic (exact) mass is 310 g/mol. The standard InChI is InChI=1S/C14H26N6S/c1-11(2)8-20-13(16-10-17-20)9-18-4-6-19(7-5-18)12(3)14(15)21/h10-12H,4-9H2,1-3H3,(H2,15,21). The number of hydrogen-bond acceptors (Lipinski definition) is 5. The van der Waals surface area contributed by atoms with Gasteiger partial charge in [0.1, 0.15) is 12.2 Å². The largest absolute Gasteiger partial charge is 0.392 e. The molecule has 1 aliphatic heterocycles. The fourth-order valence-corrected chi connectivity index (χ4v) is 2.75. The van der Waals surface area contributed by atoms with Crippen LogP contribution in [0.4, 0.5) is 0 Å². The maximum Gasteiger partial charge on any atom is 0.141 e. The van der Waals surface area contributed by atoms with E-state index in [4.69, 9.17) is 18.0 Å². The molecule has 0 spiro atoms. The molecule has 118 valence electrons. The zero-order valence-corrected chi connectivity index (χ0v) is 14.0. The lowest BCUT2D eigenvalue weighted by molar-refractivity contribution is 0.114. The van der Waals surface area contributed by atoms with Gasteiger partial charge >= 0.3 is 0 Å².